The highest BCUT2D eigenvalue weighted by Crippen LogP contribution is 2.48. The van der Waals surface area contributed by atoms with Crippen molar-refractivity contribution in [3.05, 3.63) is 59.1 Å². The van der Waals surface area contributed by atoms with Crippen LogP contribution >= 0.6 is 11.6 Å². The van der Waals surface area contributed by atoms with Crippen LogP contribution in [0.4, 0.5) is 0 Å². The Morgan fingerprint density at radius 3 is 2.29 bits per heavy atom. The van der Waals surface area contributed by atoms with Gasteiger partial charge in [-0.25, -0.2) is 0 Å². The van der Waals surface area contributed by atoms with Crippen LogP contribution in [0.5, 0.6) is 11.5 Å². The van der Waals surface area contributed by atoms with E-state index in [1.807, 2.05) is 48.5 Å². The molecule has 4 nitrogen and oxygen atoms in total. The van der Waals surface area contributed by atoms with Crippen LogP contribution in [0, 0.1) is 0 Å². The molecule has 0 spiro atoms. The molecule has 0 heterocycles. The lowest BCUT2D eigenvalue weighted by molar-refractivity contribution is -0.123. The average molecular weight is 346 g/mol. The van der Waals surface area contributed by atoms with Gasteiger partial charge in [-0.1, -0.05) is 23.7 Å². The van der Waals surface area contributed by atoms with Crippen LogP contribution in [-0.4, -0.2) is 26.2 Å². The Morgan fingerprint density at radius 1 is 1.08 bits per heavy atom. The molecule has 2 aromatic carbocycles. The van der Waals surface area contributed by atoms with Crippen LogP contribution < -0.4 is 14.8 Å². The molecule has 3 rings (SSSR count). The molecule has 1 aliphatic rings. The molecule has 0 saturated heterocycles. The number of hydrogen-bond acceptors (Lipinski definition) is 3. The minimum absolute atomic E-state index is 0.0585. The van der Waals surface area contributed by atoms with Crippen molar-refractivity contribution in [2.75, 3.05) is 20.3 Å². The fourth-order valence-corrected chi connectivity index (χ4v) is 2.84. The zero-order valence-electron chi connectivity index (χ0n) is 13.5. The molecule has 1 amide bonds. The molecule has 0 unspecified atom stereocenters. The Labute approximate surface area is 146 Å². The number of methoxy groups -OCH3 is 1. The van der Waals surface area contributed by atoms with Gasteiger partial charge in [0.1, 0.15) is 18.1 Å². The van der Waals surface area contributed by atoms with Crippen LogP contribution in [0.25, 0.3) is 0 Å². The predicted octanol–water partition coefficient (Wildman–Crippen LogP) is 3.58. The first-order chi connectivity index (χ1) is 11.6. The number of carbonyl (C=O) groups is 1. The molecule has 0 radical (unpaired) electrons. The summed E-state index contributed by atoms with van der Waals surface area (Å²) >= 11 is 5.92. The maximum Gasteiger partial charge on any atom is 0.230 e. The summed E-state index contributed by atoms with van der Waals surface area (Å²) in [5.74, 6) is 1.60. The number of ether oxygens (including phenoxy) is 2. The summed E-state index contributed by atoms with van der Waals surface area (Å²) in [6, 6.07) is 14.9. The van der Waals surface area contributed by atoms with Crippen LogP contribution in [0.3, 0.4) is 0 Å². The summed E-state index contributed by atoms with van der Waals surface area (Å²) in [4.78, 5) is 12.5. The largest absolute Gasteiger partial charge is 0.497 e. The Balaban J connectivity index is 1.48. The van der Waals surface area contributed by atoms with Gasteiger partial charge in [-0.05, 0) is 54.8 Å². The van der Waals surface area contributed by atoms with E-state index >= 15 is 0 Å². The Bertz CT molecular complexity index is 694. The minimum atomic E-state index is -0.384. The van der Waals surface area contributed by atoms with E-state index in [1.165, 1.54) is 0 Å². The number of halogens is 1. The summed E-state index contributed by atoms with van der Waals surface area (Å²) < 4.78 is 10.7. The summed E-state index contributed by atoms with van der Waals surface area (Å²) in [5, 5.41) is 3.65. The Hall–Kier alpha value is -2.20. The van der Waals surface area contributed by atoms with E-state index in [4.69, 9.17) is 21.1 Å². The SMILES string of the molecule is COc1ccc(OCCNC(=O)C2(c3ccc(Cl)cc3)CC2)cc1. The summed E-state index contributed by atoms with van der Waals surface area (Å²) in [7, 11) is 1.62. The third-order valence-electron chi connectivity index (χ3n) is 4.30. The van der Waals surface area contributed by atoms with Crippen molar-refractivity contribution in [3.8, 4) is 11.5 Å². The van der Waals surface area contributed by atoms with Crippen molar-refractivity contribution in [1.82, 2.24) is 5.32 Å². The van der Waals surface area contributed by atoms with Gasteiger partial charge in [0.2, 0.25) is 5.91 Å². The standard InChI is InChI=1S/C19H20ClNO3/c1-23-16-6-8-17(9-7-16)24-13-12-21-18(22)19(10-11-19)14-2-4-15(20)5-3-14/h2-9H,10-13H2,1H3,(H,21,22). The second-order valence-electron chi connectivity index (χ2n) is 5.87. The molecule has 0 bridgehead atoms. The molecule has 1 aliphatic carbocycles. The van der Waals surface area contributed by atoms with E-state index in [-0.39, 0.29) is 11.3 Å². The minimum Gasteiger partial charge on any atom is -0.497 e. The molecular formula is C19H20ClNO3. The molecule has 1 N–H and O–H groups in total. The first-order valence-electron chi connectivity index (χ1n) is 7.95. The smallest absolute Gasteiger partial charge is 0.230 e. The van der Waals surface area contributed by atoms with Crippen LogP contribution in [0.15, 0.2) is 48.5 Å². The molecule has 2 aromatic rings. The first kappa shape index (κ1) is 16.7. The van der Waals surface area contributed by atoms with Crippen LogP contribution in [0.1, 0.15) is 18.4 Å². The molecule has 24 heavy (non-hydrogen) atoms. The second kappa shape index (κ2) is 7.14. The van der Waals surface area contributed by atoms with E-state index in [0.29, 0.717) is 18.2 Å². The highest BCUT2D eigenvalue weighted by Gasteiger charge is 2.50. The molecule has 0 aliphatic heterocycles. The molecule has 5 heteroatoms. The lowest BCUT2D eigenvalue weighted by atomic mass is 9.95. The number of amides is 1. The third-order valence-corrected chi connectivity index (χ3v) is 4.55. The van der Waals surface area contributed by atoms with Gasteiger partial charge in [-0.3, -0.25) is 4.79 Å². The number of hydrogen-bond donors (Lipinski definition) is 1. The Kier molecular flexibility index (Phi) is 4.95. The maximum absolute atomic E-state index is 12.5. The van der Waals surface area contributed by atoms with Gasteiger partial charge in [0.25, 0.3) is 0 Å². The highest BCUT2D eigenvalue weighted by molar-refractivity contribution is 6.30. The van der Waals surface area contributed by atoms with Gasteiger partial charge in [0.05, 0.1) is 19.1 Å². The van der Waals surface area contributed by atoms with Crippen molar-refractivity contribution >= 4 is 17.5 Å². The van der Waals surface area contributed by atoms with Crippen molar-refractivity contribution in [2.24, 2.45) is 0 Å². The fraction of sp³-hybridized carbons (Fsp3) is 0.316. The van der Waals surface area contributed by atoms with Crippen molar-refractivity contribution in [2.45, 2.75) is 18.3 Å². The van der Waals surface area contributed by atoms with Gasteiger partial charge in [-0.15, -0.1) is 0 Å². The lowest BCUT2D eigenvalue weighted by Crippen LogP contribution is -2.37. The van der Waals surface area contributed by atoms with Gasteiger partial charge in [0.15, 0.2) is 0 Å². The van der Waals surface area contributed by atoms with Gasteiger partial charge >= 0.3 is 0 Å². The number of rotatable bonds is 7. The number of carbonyl (C=O) groups excluding carboxylic acids is 1. The van der Waals surface area contributed by atoms with Crippen molar-refractivity contribution in [1.29, 1.82) is 0 Å². The van der Waals surface area contributed by atoms with E-state index in [1.54, 1.807) is 7.11 Å². The molecule has 1 saturated carbocycles. The zero-order chi connectivity index (χ0) is 17.0. The van der Waals surface area contributed by atoms with E-state index < -0.39 is 0 Å². The van der Waals surface area contributed by atoms with Crippen molar-refractivity contribution in [3.63, 3.8) is 0 Å². The maximum atomic E-state index is 12.5. The fourth-order valence-electron chi connectivity index (χ4n) is 2.72. The zero-order valence-corrected chi connectivity index (χ0v) is 14.3. The number of nitrogens with one attached hydrogen (secondary N) is 1. The summed E-state index contributed by atoms with van der Waals surface area (Å²) in [6.45, 7) is 0.898. The molecule has 126 valence electrons. The quantitative estimate of drug-likeness (QED) is 0.780. The first-order valence-corrected chi connectivity index (χ1v) is 8.33. The normalized spacial score (nSPS) is 14.8. The predicted molar refractivity (Wildman–Crippen MR) is 93.9 cm³/mol. The molecule has 1 fully saturated rings. The number of benzene rings is 2. The monoisotopic (exact) mass is 345 g/mol. The van der Waals surface area contributed by atoms with Crippen LogP contribution in [0.2, 0.25) is 5.02 Å². The van der Waals surface area contributed by atoms with E-state index in [2.05, 4.69) is 5.32 Å². The van der Waals surface area contributed by atoms with Gasteiger partial charge < -0.3 is 14.8 Å². The topological polar surface area (TPSA) is 47.6 Å². The third kappa shape index (κ3) is 3.65. The van der Waals surface area contributed by atoms with Crippen molar-refractivity contribution < 1.29 is 14.3 Å². The van der Waals surface area contributed by atoms with Crippen LogP contribution in [-0.2, 0) is 10.2 Å². The average Bonchev–Trinajstić information content (AvgIpc) is 3.41. The summed E-state index contributed by atoms with van der Waals surface area (Å²) in [6.07, 6.45) is 1.75. The van der Waals surface area contributed by atoms with Gasteiger partial charge in [0, 0.05) is 5.02 Å². The van der Waals surface area contributed by atoms with E-state index in [0.717, 1.165) is 29.9 Å². The van der Waals surface area contributed by atoms with Gasteiger partial charge in [-0.2, -0.15) is 0 Å². The Morgan fingerprint density at radius 2 is 1.71 bits per heavy atom. The summed E-state index contributed by atoms with van der Waals surface area (Å²) in [5.41, 5.74) is 0.644. The van der Waals surface area contributed by atoms with E-state index in [9.17, 15) is 4.79 Å². The lowest BCUT2D eigenvalue weighted by Gasteiger charge is -2.16. The second-order valence-corrected chi connectivity index (χ2v) is 6.31. The molecule has 0 atom stereocenters. The molecule has 0 aromatic heterocycles. The molecular weight excluding hydrogens is 326 g/mol. The highest BCUT2D eigenvalue weighted by atomic mass is 35.5.